The van der Waals surface area contributed by atoms with E-state index in [1.165, 1.54) is 12.1 Å². The first kappa shape index (κ1) is 12.5. The van der Waals surface area contributed by atoms with Gasteiger partial charge in [-0.05, 0) is 24.1 Å². The molecular weight excluding hydrogens is 267 g/mol. The molecule has 17 heavy (non-hydrogen) atoms. The summed E-state index contributed by atoms with van der Waals surface area (Å²) in [6.07, 6.45) is 0.108. The van der Waals surface area contributed by atoms with E-state index >= 15 is 0 Å². The van der Waals surface area contributed by atoms with E-state index in [4.69, 9.17) is 0 Å². The lowest BCUT2D eigenvalue weighted by molar-refractivity contribution is 0.567. The Morgan fingerprint density at radius 1 is 1.06 bits per heavy atom. The molecule has 0 bridgehead atoms. The van der Waals surface area contributed by atoms with Crippen molar-refractivity contribution in [1.82, 2.24) is 0 Å². The lowest BCUT2D eigenvalue weighted by Crippen LogP contribution is -2.32. The molecule has 7 heteroatoms. The molecule has 1 saturated heterocycles. The van der Waals surface area contributed by atoms with Gasteiger partial charge >= 0.3 is 0 Å². The van der Waals surface area contributed by atoms with Gasteiger partial charge in [-0.2, -0.15) is 0 Å². The van der Waals surface area contributed by atoms with Crippen LogP contribution in [0, 0.1) is 5.82 Å². The molecule has 1 aromatic carbocycles. The first-order chi connectivity index (χ1) is 7.83. The Bertz CT molecular complexity index is 600. The maximum atomic E-state index is 13.0. The van der Waals surface area contributed by atoms with Gasteiger partial charge in [0.2, 0.25) is 0 Å². The minimum Gasteiger partial charge on any atom is -0.227 e. The van der Waals surface area contributed by atoms with Gasteiger partial charge in [0.05, 0.1) is 11.5 Å². The zero-order valence-corrected chi connectivity index (χ0v) is 10.5. The number of rotatable bonds is 1. The van der Waals surface area contributed by atoms with Crippen LogP contribution < -0.4 is 0 Å². The smallest absolute Gasteiger partial charge is 0.187 e. The fraction of sp³-hybridized carbons (Fsp3) is 0.400. The second-order valence-electron chi connectivity index (χ2n) is 3.97. The van der Waals surface area contributed by atoms with Crippen molar-refractivity contribution in [3.8, 4) is 0 Å². The predicted octanol–water partition coefficient (Wildman–Crippen LogP) is 1.06. The van der Waals surface area contributed by atoms with Gasteiger partial charge in [-0.1, -0.05) is 12.1 Å². The van der Waals surface area contributed by atoms with Crippen LogP contribution in [0.1, 0.15) is 16.6 Å². The summed E-state index contributed by atoms with van der Waals surface area (Å²) in [4.78, 5) is 0. The standard InChI is InChI=1S/C10H11FO4S2/c11-9-4-1-3-8(7-9)10-16(12,13)5-2-6-17(10,14)15/h1,3-4,7,10H,2,5-6H2. The SMILES string of the molecule is O=S1(=O)CCCS(=O)(=O)C1c1cccc(F)c1. The number of sulfone groups is 2. The van der Waals surface area contributed by atoms with Crippen LogP contribution >= 0.6 is 0 Å². The van der Waals surface area contributed by atoms with Crippen molar-refractivity contribution in [1.29, 1.82) is 0 Å². The van der Waals surface area contributed by atoms with Crippen molar-refractivity contribution in [3.05, 3.63) is 35.6 Å². The van der Waals surface area contributed by atoms with Gasteiger partial charge in [-0.3, -0.25) is 0 Å². The van der Waals surface area contributed by atoms with Gasteiger partial charge in [0.1, 0.15) is 5.82 Å². The lowest BCUT2D eigenvalue weighted by Gasteiger charge is -2.22. The molecule has 0 saturated carbocycles. The molecule has 1 heterocycles. The monoisotopic (exact) mass is 278 g/mol. The summed E-state index contributed by atoms with van der Waals surface area (Å²) in [5, 5.41) is 0. The second kappa shape index (κ2) is 4.06. The molecule has 2 rings (SSSR count). The van der Waals surface area contributed by atoms with Crippen LogP contribution in [0.25, 0.3) is 0 Å². The number of hydrogen-bond acceptors (Lipinski definition) is 4. The number of halogens is 1. The van der Waals surface area contributed by atoms with Crippen molar-refractivity contribution in [2.45, 2.75) is 11.0 Å². The Labute approximate surface area is 99.3 Å². The van der Waals surface area contributed by atoms with E-state index in [1.54, 1.807) is 0 Å². The molecule has 0 aliphatic carbocycles. The minimum atomic E-state index is -3.76. The molecule has 0 spiro atoms. The highest BCUT2D eigenvalue weighted by Crippen LogP contribution is 2.34. The average molecular weight is 278 g/mol. The van der Waals surface area contributed by atoms with E-state index in [1.807, 2.05) is 0 Å². The van der Waals surface area contributed by atoms with E-state index in [0.717, 1.165) is 12.1 Å². The Morgan fingerprint density at radius 3 is 2.18 bits per heavy atom. The highest BCUT2D eigenvalue weighted by atomic mass is 32.3. The van der Waals surface area contributed by atoms with Crippen LogP contribution in [-0.2, 0) is 19.7 Å². The second-order valence-corrected chi connectivity index (χ2v) is 8.68. The summed E-state index contributed by atoms with van der Waals surface area (Å²) >= 11 is 0. The molecule has 0 radical (unpaired) electrons. The van der Waals surface area contributed by atoms with Gasteiger partial charge in [0, 0.05) is 0 Å². The van der Waals surface area contributed by atoms with Gasteiger partial charge in [-0.25, -0.2) is 21.2 Å². The Balaban J connectivity index is 2.61. The third-order valence-corrected chi connectivity index (χ3v) is 7.95. The van der Waals surface area contributed by atoms with E-state index in [0.29, 0.717) is 0 Å². The van der Waals surface area contributed by atoms with Crippen LogP contribution in [0.3, 0.4) is 0 Å². The molecule has 0 unspecified atom stereocenters. The fourth-order valence-corrected chi connectivity index (χ4v) is 7.16. The molecule has 1 aromatic rings. The van der Waals surface area contributed by atoms with Crippen LogP contribution in [-0.4, -0.2) is 28.3 Å². The maximum absolute atomic E-state index is 13.0. The summed E-state index contributed by atoms with van der Waals surface area (Å²) in [6.45, 7) is 0. The lowest BCUT2D eigenvalue weighted by atomic mass is 10.2. The topological polar surface area (TPSA) is 68.3 Å². The molecule has 0 amide bonds. The van der Waals surface area contributed by atoms with Crippen molar-refractivity contribution in [2.24, 2.45) is 0 Å². The largest absolute Gasteiger partial charge is 0.227 e. The quantitative estimate of drug-likeness (QED) is 0.770. The molecule has 4 nitrogen and oxygen atoms in total. The van der Waals surface area contributed by atoms with Gasteiger partial charge < -0.3 is 0 Å². The van der Waals surface area contributed by atoms with Crippen LogP contribution in [0.4, 0.5) is 4.39 Å². The maximum Gasteiger partial charge on any atom is 0.187 e. The van der Waals surface area contributed by atoms with Crippen molar-refractivity contribution >= 4 is 19.7 Å². The molecule has 0 N–H and O–H groups in total. The van der Waals surface area contributed by atoms with E-state index in [9.17, 15) is 21.2 Å². The molecular formula is C10H11FO4S2. The molecule has 94 valence electrons. The van der Waals surface area contributed by atoms with Crippen molar-refractivity contribution in [2.75, 3.05) is 11.5 Å². The Hall–Kier alpha value is -0.950. The van der Waals surface area contributed by atoms with Crippen LogP contribution in [0.5, 0.6) is 0 Å². The third kappa shape index (κ3) is 2.35. The molecule has 0 atom stereocenters. The van der Waals surface area contributed by atoms with Crippen molar-refractivity contribution in [3.63, 3.8) is 0 Å². The summed E-state index contributed by atoms with van der Waals surface area (Å²) in [5.41, 5.74) is -0.00954. The first-order valence-electron chi connectivity index (χ1n) is 5.01. The van der Waals surface area contributed by atoms with E-state index in [-0.39, 0.29) is 23.5 Å². The van der Waals surface area contributed by atoms with Crippen molar-refractivity contribution < 1.29 is 21.2 Å². The fourth-order valence-electron chi connectivity index (χ4n) is 1.97. The number of hydrogen-bond donors (Lipinski definition) is 0. The zero-order valence-electron chi connectivity index (χ0n) is 8.84. The molecule has 1 fully saturated rings. The molecule has 1 aliphatic rings. The highest BCUT2D eigenvalue weighted by molar-refractivity contribution is 8.09. The molecule has 1 aliphatic heterocycles. The minimum absolute atomic E-state index is 0.00954. The van der Waals surface area contributed by atoms with Crippen LogP contribution in [0.15, 0.2) is 24.3 Å². The summed E-state index contributed by atoms with van der Waals surface area (Å²) < 4.78 is 58.7. The summed E-state index contributed by atoms with van der Waals surface area (Å²) in [7, 11) is -7.51. The van der Waals surface area contributed by atoms with Gasteiger partial charge in [0.25, 0.3) is 0 Å². The summed E-state index contributed by atoms with van der Waals surface area (Å²) in [6, 6.07) is 4.75. The predicted molar refractivity (Wildman–Crippen MR) is 61.3 cm³/mol. The van der Waals surface area contributed by atoms with Crippen LogP contribution in [0.2, 0.25) is 0 Å². The Morgan fingerprint density at radius 2 is 1.65 bits per heavy atom. The highest BCUT2D eigenvalue weighted by Gasteiger charge is 2.42. The van der Waals surface area contributed by atoms with Gasteiger partial charge in [-0.15, -0.1) is 0 Å². The van der Waals surface area contributed by atoms with E-state index in [2.05, 4.69) is 0 Å². The molecule has 0 aromatic heterocycles. The van der Waals surface area contributed by atoms with Gasteiger partial charge in [0.15, 0.2) is 24.3 Å². The number of benzene rings is 1. The zero-order chi connectivity index (χ0) is 12.7. The summed E-state index contributed by atoms with van der Waals surface area (Å²) in [5.74, 6) is -0.987. The average Bonchev–Trinajstić information content (AvgIpc) is 2.14. The normalized spacial score (nSPS) is 23.4. The third-order valence-electron chi connectivity index (χ3n) is 2.63. The Kier molecular flexibility index (Phi) is 2.99. The first-order valence-corrected chi connectivity index (χ1v) is 8.45. The van der Waals surface area contributed by atoms with E-state index < -0.39 is 30.1 Å².